The van der Waals surface area contributed by atoms with E-state index in [0.29, 0.717) is 46.2 Å². The average Bonchev–Trinajstić information content (AvgIpc) is 2.66. The topological polar surface area (TPSA) is 75.0 Å². The fourth-order valence-corrected chi connectivity index (χ4v) is 2.80. The van der Waals surface area contributed by atoms with Gasteiger partial charge in [-0.15, -0.1) is 0 Å². The molecular formula is C25H52N2O4. The minimum atomic E-state index is 0.0915. The summed E-state index contributed by atoms with van der Waals surface area (Å²) in [5, 5.41) is 3.62. The summed E-state index contributed by atoms with van der Waals surface area (Å²) >= 11 is 0. The Morgan fingerprint density at radius 3 is 1.90 bits per heavy atom. The zero-order chi connectivity index (χ0) is 23.6. The van der Waals surface area contributed by atoms with Gasteiger partial charge in [-0.05, 0) is 43.9 Å². The number of rotatable bonds is 20. The molecule has 0 aromatic carbocycles. The largest absolute Gasteiger partial charge is 0.379 e. The van der Waals surface area contributed by atoms with E-state index in [-0.39, 0.29) is 16.4 Å². The maximum Gasteiger partial charge on any atom is 0.0701 e. The molecule has 0 fully saturated rings. The van der Waals surface area contributed by atoms with Crippen molar-refractivity contribution in [2.45, 2.75) is 73.3 Å². The molecule has 0 atom stereocenters. The van der Waals surface area contributed by atoms with E-state index in [1.165, 1.54) is 0 Å². The molecule has 0 radical (unpaired) electrons. The Morgan fingerprint density at radius 2 is 1.29 bits per heavy atom. The molecule has 0 aliphatic carbocycles. The van der Waals surface area contributed by atoms with Crippen molar-refractivity contribution in [3.8, 4) is 0 Å². The maximum absolute atomic E-state index is 5.68. The summed E-state index contributed by atoms with van der Waals surface area (Å²) in [5.41, 5.74) is 5.96. The van der Waals surface area contributed by atoms with Gasteiger partial charge in [-0.25, -0.2) is 0 Å². The van der Waals surface area contributed by atoms with Gasteiger partial charge >= 0.3 is 0 Å². The Hall–Kier alpha value is -0.500. The molecule has 6 nitrogen and oxygen atoms in total. The SMILES string of the molecule is CC(C)(C)COC/C=C\COCCNC(C)(C)CCC(C)(C)CCOCCOCCN. The Morgan fingerprint density at radius 1 is 0.677 bits per heavy atom. The smallest absolute Gasteiger partial charge is 0.0701 e. The van der Waals surface area contributed by atoms with Gasteiger partial charge in [0.05, 0.1) is 46.2 Å². The number of nitrogens with one attached hydrogen (secondary N) is 1. The minimum Gasteiger partial charge on any atom is -0.379 e. The van der Waals surface area contributed by atoms with Crippen molar-refractivity contribution in [2.75, 3.05) is 65.9 Å². The molecule has 0 saturated carbocycles. The highest BCUT2D eigenvalue weighted by Gasteiger charge is 2.23. The number of ether oxygens (including phenoxy) is 4. The zero-order valence-corrected chi connectivity index (χ0v) is 21.6. The van der Waals surface area contributed by atoms with Crippen LogP contribution in [0.25, 0.3) is 0 Å². The van der Waals surface area contributed by atoms with E-state index in [4.69, 9.17) is 24.7 Å². The highest BCUT2D eigenvalue weighted by molar-refractivity contribution is 4.83. The van der Waals surface area contributed by atoms with Gasteiger partial charge in [0.2, 0.25) is 0 Å². The third-order valence-electron chi connectivity index (χ3n) is 4.96. The summed E-state index contributed by atoms with van der Waals surface area (Å²) in [6.45, 7) is 22.5. The van der Waals surface area contributed by atoms with Crippen LogP contribution in [0.4, 0.5) is 0 Å². The van der Waals surface area contributed by atoms with Crippen LogP contribution >= 0.6 is 0 Å². The maximum atomic E-state index is 5.68. The summed E-state index contributed by atoms with van der Waals surface area (Å²) in [6.07, 6.45) is 7.38. The zero-order valence-electron chi connectivity index (χ0n) is 21.6. The minimum absolute atomic E-state index is 0.0915. The van der Waals surface area contributed by atoms with Crippen molar-refractivity contribution in [1.29, 1.82) is 0 Å². The van der Waals surface area contributed by atoms with Crippen molar-refractivity contribution in [1.82, 2.24) is 5.32 Å². The molecule has 0 aromatic heterocycles. The van der Waals surface area contributed by atoms with Gasteiger partial charge in [-0.3, -0.25) is 0 Å². The third-order valence-corrected chi connectivity index (χ3v) is 4.96. The fraction of sp³-hybridized carbons (Fsp3) is 0.920. The molecule has 0 bridgehead atoms. The monoisotopic (exact) mass is 444 g/mol. The first-order valence-corrected chi connectivity index (χ1v) is 11.9. The average molecular weight is 445 g/mol. The first-order valence-electron chi connectivity index (χ1n) is 11.9. The van der Waals surface area contributed by atoms with Crippen LogP contribution in [0.1, 0.15) is 67.7 Å². The lowest BCUT2D eigenvalue weighted by Crippen LogP contribution is -2.42. The fourth-order valence-electron chi connectivity index (χ4n) is 2.80. The van der Waals surface area contributed by atoms with Crippen LogP contribution < -0.4 is 11.1 Å². The molecule has 0 heterocycles. The van der Waals surface area contributed by atoms with Gasteiger partial charge < -0.3 is 30.0 Å². The van der Waals surface area contributed by atoms with Gasteiger partial charge in [0.25, 0.3) is 0 Å². The molecule has 0 amide bonds. The second kappa shape index (κ2) is 17.0. The van der Waals surface area contributed by atoms with E-state index < -0.39 is 0 Å². The number of nitrogens with two attached hydrogens (primary N) is 1. The van der Waals surface area contributed by atoms with Crippen LogP contribution in [-0.4, -0.2) is 71.5 Å². The highest BCUT2D eigenvalue weighted by Crippen LogP contribution is 2.29. The van der Waals surface area contributed by atoms with Crippen molar-refractivity contribution in [2.24, 2.45) is 16.6 Å². The molecule has 0 aliphatic heterocycles. The molecule has 186 valence electrons. The van der Waals surface area contributed by atoms with E-state index in [1.54, 1.807) is 0 Å². The van der Waals surface area contributed by atoms with Crippen molar-refractivity contribution in [3.05, 3.63) is 12.2 Å². The molecule has 3 N–H and O–H groups in total. The summed E-state index contributed by atoms with van der Waals surface area (Å²) in [6, 6.07) is 0. The van der Waals surface area contributed by atoms with Crippen molar-refractivity contribution in [3.63, 3.8) is 0 Å². The summed E-state index contributed by atoms with van der Waals surface area (Å²) in [5.74, 6) is 0. The van der Waals surface area contributed by atoms with E-state index in [0.717, 1.165) is 39.0 Å². The standard InChI is InChI=1S/C25H52N2O4/c1-23(2,3)22-31-16-9-8-15-28-19-14-27-25(6,7)11-10-24(4,5)12-17-29-20-21-30-18-13-26/h8-9,27H,10-22,26H2,1-7H3/b9-8-. The first kappa shape index (κ1) is 30.5. The van der Waals surface area contributed by atoms with Crippen LogP contribution in [0, 0.1) is 10.8 Å². The van der Waals surface area contributed by atoms with Crippen LogP contribution in [0.5, 0.6) is 0 Å². The predicted octanol–water partition coefficient (Wildman–Crippen LogP) is 4.18. The highest BCUT2D eigenvalue weighted by atomic mass is 16.5. The number of hydrogen-bond acceptors (Lipinski definition) is 6. The quantitative estimate of drug-likeness (QED) is 0.217. The van der Waals surface area contributed by atoms with Crippen molar-refractivity contribution >= 4 is 0 Å². The molecule has 31 heavy (non-hydrogen) atoms. The van der Waals surface area contributed by atoms with E-state index >= 15 is 0 Å². The Bertz CT molecular complexity index is 445. The molecule has 0 aromatic rings. The van der Waals surface area contributed by atoms with Crippen LogP contribution in [0.2, 0.25) is 0 Å². The molecule has 0 rings (SSSR count). The van der Waals surface area contributed by atoms with Crippen LogP contribution in [0.15, 0.2) is 12.2 Å². The van der Waals surface area contributed by atoms with Crippen molar-refractivity contribution < 1.29 is 18.9 Å². The van der Waals surface area contributed by atoms with Gasteiger partial charge in [-0.2, -0.15) is 0 Å². The second-order valence-corrected chi connectivity index (χ2v) is 10.9. The van der Waals surface area contributed by atoms with Crippen LogP contribution in [0.3, 0.4) is 0 Å². The van der Waals surface area contributed by atoms with Gasteiger partial charge in [0.15, 0.2) is 0 Å². The molecule has 0 unspecified atom stereocenters. The van der Waals surface area contributed by atoms with Crippen LogP contribution in [-0.2, 0) is 18.9 Å². The Labute approximate surface area is 192 Å². The third kappa shape index (κ3) is 22.5. The van der Waals surface area contributed by atoms with Gasteiger partial charge in [-0.1, -0.05) is 46.8 Å². The summed E-state index contributed by atoms with van der Waals surface area (Å²) < 4.78 is 22.3. The van der Waals surface area contributed by atoms with E-state index in [2.05, 4.69) is 53.8 Å². The molecular weight excluding hydrogens is 392 g/mol. The molecule has 0 saturated heterocycles. The number of hydrogen-bond donors (Lipinski definition) is 2. The Balaban J connectivity index is 3.75. The molecule has 0 spiro atoms. The summed E-state index contributed by atoms with van der Waals surface area (Å²) in [4.78, 5) is 0. The normalized spacial score (nSPS) is 13.4. The lowest BCUT2D eigenvalue weighted by Gasteiger charge is -2.32. The predicted molar refractivity (Wildman–Crippen MR) is 131 cm³/mol. The van der Waals surface area contributed by atoms with Gasteiger partial charge in [0, 0.05) is 25.2 Å². The lowest BCUT2D eigenvalue weighted by molar-refractivity contribution is 0.0380. The summed E-state index contributed by atoms with van der Waals surface area (Å²) in [7, 11) is 0. The second-order valence-electron chi connectivity index (χ2n) is 10.9. The Kier molecular flexibility index (Phi) is 16.8. The van der Waals surface area contributed by atoms with E-state index in [9.17, 15) is 0 Å². The van der Waals surface area contributed by atoms with Gasteiger partial charge in [0.1, 0.15) is 0 Å². The lowest BCUT2D eigenvalue weighted by atomic mass is 9.81. The van der Waals surface area contributed by atoms with E-state index in [1.807, 2.05) is 12.2 Å². The first-order chi connectivity index (χ1) is 14.5. The molecule has 0 aliphatic rings. The molecule has 6 heteroatoms.